The van der Waals surface area contributed by atoms with E-state index < -0.39 is 10.0 Å². The van der Waals surface area contributed by atoms with E-state index >= 15 is 0 Å². The maximum Gasteiger partial charge on any atom is 0.273 e. The first-order valence-corrected chi connectivity index (χ1v) is 9.44. The molecule has 0 atom stereocenters. The number of Topliss-reactive ketones (excluding diaryl/α,β-unsaturated/α-hetero) is 1. The fourth-order valence-corrected chi connectivity index (χ4v) is 6.20. The first kappa shape index (κ1) is 15.0. The third kappa shape index (κ3) is 2.52. The second kappa shape index (κ2) is 5.39. The molecule has 0 N–H and O–H groups in total. The molecule has 8 heteroatoms. The second-order valence-electron chi connectivity index (χ2n) is 4.45. The van der Waals surface area contributed by atoms with Gasteiger partial charge in [0.2, 0.25) is 0 Å². The van der Waals surface area contributed by atoms with E-state index in [4.69, 9.17) is 11.6 Å². The largest absolute Gasteiger partial charge is 0.294 e. The van der Waals surface area contributed by atoms with Crippen LogP contribution in [0.2, 0.25) is 5.02 Å². The third-order valence-corrected chi connectivity index (χ3v) is 7.92. The lowest BCUT2D eigenvalue weighted by Gasteiger charge is -2.29. The highest BCUT2D eigenvalue weighted by molar-refractivity contribution is 9.11. The van der Waals surface area contributed by atoms with Crippen LogP contribution in [-0.4, -0.2) is 20.7 Å². The number of hydrogen-bond acceptors (Lipinski definition) is 4. The summed E-state index contributed by atoms with van der Waals surface area (Å²) in [4.78, 5) is 11.9. The number of para-hydroxylation sites is 1. The average Bonchev–Trinajstić information content (AvgIpc) is 2.80. The van der Waals surface area contributed by atoms with E-state index in [0.717, 1.165) is 11.3 Å². The quantitative estimate of drug-likeness (QED) is 0.759. The monoisotopic (exact) mass is 405 g/mol. The van der Waals surface area contributed by atoms with Crippen LogP contribution in [0.25, 0.3) is 0 Å². The van der Waals surface area contributed by atoms with Crippen molar-refractivity contribution in [1.82, 2.24) is 0 Å². The normalized spacial score (nSPS) is 15.1. The van der Waals surface area contributed by atoms with E-state index in [-0.39, 0.29) is 23.0 Å². The molecule has 2 heterocycles. The Labute approximate surface area is 139 Å². The van der Waals surface area contributed by atoms with Gasteiger partial charge >= 0.3 is 0 Å². The van der Waals surface area contributed by atoms with E-state index in [9.17, 15) is 13.2 Å². The van der Waals surface area contributed by atoms with Crippen molar-refractivity contribution in [3.8, 4) is 0 Å². The summed E-state index contributed by atoms with van der Waals surface area (Å²) in [7, 11) is -3.72. The van der Waals surface area contributed by atoms with Crippen LogP contribution in [0.1, 0.15) is 16.8 Å². The molecule has 0 fully saturated rings. The molecular formula is C13H9BrClNO3S2. The zero-order chi connectivity index (χ0) is 15.2. The lowest BCUT2D eigenvalue weighted by atomic mass is 10.0. The zero-order valence-electron chi connectivity index (χ0n) is 10.5. The molecule has 0 bridgehead atoms. The molecule has 2 aromatic rings. The van der Waals surface area contributed by atoms with Gasteiger partial charge in [-0.15, -0.1) is 11.3 Å². The molecule has 0 unspecified atom stereocenters. The Hall–Kier alpha value is -0.890. The second-order valence-corrected chi connectivity index (χ2v) is 9.32. The van der Waals surface area contributed by atoms with E-state index in [2.05, 4.69) is 15.9 Å². The first-order chi connectivity index (χ1) is 9.91. The van der Waals surface area contributed by atoms with Gasteiger partial charge in [0.05, 0.1) is 14.5 Å². The highest BCUT2D eigenvalue weighted by Crippen LogP contribution is 2.38. The van der Waals surface area contributed by atoms with Gasteiger partial charge in [0, 0.05) is 18.5 Å². The highest BCUT2D eigenvalue weighted by Gasteiger charge is 2.33. The molecule has 0 amide bonds. The minimum atomic E-state index is -3.72. The van der Waals surface area contributed by atoms with Gasteiger partial charge in [-0.2, -0.15) is 0 Å². The van der Waals surface area contributed by atoms with Crippen molar-refractivity contribution >= 4 is 60.4 Å². The van der Waals surface area contributed by atoms with Crippen LogP contribution in [0.5, 0.6) is 0 Å². The van der Waals surface area contributed by atoms with Crippen LogP contribution < -0.4 is 4.31 Å². The van der Waals surface area contributed by atoms with Crippen molar-refractivity contribution < 1.29 is 13.2 Å². The van der Waals surface area contributed by atoms with E-state index in [1.165, 1.54) is 10.4 Å². The summed E-state index contributed by atoms with van der Waals surface area (Å²) in [5.41, 5.74) is 0.864. The van der Waals surface area contributed by atoms with E-state index in [0.29, 0.717) is 20.1 Å². The molecule has 4 nitrogen and oxygen atoms in total. The Kier molecular flexibility index (Phi) is 3.85. The van der Waals surface area contributed by atoms with Gasteiger partial charge in [0.25, 0.3) is 10.0 Å². The maximum atomic E-state index is 12.8. The van der Waals surface area contributed by atoms with Crippen LogP contribution >= 0.6 is 38.9 Å². The maximum absolute atomic E-state index is 12.8. The zero-order valence-corrected chi connectivity index (χ0v) is 14.5. The van der Waals surface area contributed by atoms with Crippen molar-refractivity contribution in [2.75, 3.05) is 10.8 Å². The number of fused-ring (bicyclic) bond motifs is 1. The first-order valence-electron chi connectivity index (χ1n) is 6.01. The lowest BCUT2D eigenvalue weighted by Crippen LogP contribution is -2.37. The molecule has 0 saturated carbocycles. The minimum absolute atomic E-state index is 0.0394. The standard InChI is InChI=1S/C13H9BrClNO3S2/c14-13-9(15)7-12(20-13)21(18,19)16-6-5-11(17)8-3-1-2-4-10(8)16/h1-4,7H,5-6H2. The van der Waals surface area contributed by atoms with Crippen molar-refractivity contribution in [2.24, 2.45) is 0 Å². The minimum Gasteiger partial charge on any atom is -0.294 e. The predicted molar refractivity (Wildman–Crippen MR) is 87.0 cm³/mol. The molecule has 0 saturated heterocycles. The molecule has 1 aromatic carbocycles. The Bertz CT molecular complexity index is 812. The number of carbonyl (C=O) groups excluding carboxylic acids is 1. The van der Waals surface area contributed by atoms with Gasteiger partial charge in [-0.25, -0.2) is 8.42 Å². The molecular weight excluding hydrogens is 398 g/mol. The van der Waals surface area contributed by atoms with Gasteiger partial charge in [0.1, 0.15) is 4.21 Å². The van der Waals surface area contributed by atoms with Crippen molar-refractivity contribution in [3.63, 3.8) is 0 Å². The number of nitrogens with zero attached hydrogens (tertiary/aromatic N) is 1. The highest BCUT2D eigenvalue weighted by atomic mass is 79.9. The van der Waals surface area contributed by atoms with Gasteiger partial charge < -0.3 is 0 Å². The van der Waals surface area contributed by atoms with E-state index in [1.54, 1.807) is 24.3 Å². The van der Waals surface area contributed by atoms with Crippen LogP contribution in [0.4, 0.5) is 5.69 Å². The summed E-state index contributed by atoms with van der Waals surface area (Å²) in [5, 5.41) is 0.361. The van der Waals surface area contributed by atoms with Crippen LogP contribution in [0.15, 0.2) is 38.3 Å². The van der Waals surface area contributed by atoms with Crippen LogP contribution in [0, 0.1) is 0 Å². The lowest BCUT2D eigenvalue weighted by molar-refractivity contribution is 0.0982. The summed E-state index contributed by atoms with van der Waals surface area (Å²) in [6.45, 7) is 0.144. The molecule has 0 aliphatic carbocycles. The summed E-state index contributed by atoms with van der Waals surface area (Å²) >= 11 is 10.2. The Morgan fingerprint density at radius 1 is 1.29 bits per heavy atom. The number of hydrogen-bond donors (Lipinski definition) is 0. The Morgan fingerprint density at radius 3 is 2.67 bits per heavy atom. The molecule has 0 radical (unpaired) electrons. The number of sulfonamides is 1. The molecule has 110 valence electrons. The number of carbonyl (C=O) groups is 1. The van der Waals surface area contributed by atoms with Crippen molar-refractivity contribution in [3.05, 3.63) is 44.7 Å². The topological polar surface area (TPSA) is 54.5 Å². The van der Waals surface area contributed by atoms with Crippen molar-refractivity contribution in [1.29, 1.82) is 0 Å². The molecule has 1 aromatic heterocycles. The summed E-state index contributed by atoms with van der Waals surface area (Å²) in [6.07, 6.45) is 0.177. The Balaban J connectivity index is 2.12. The molecule has 1 aliphatic heterocycles. The smallest absolute Gasteiger partial charge is 0.273 e. The molecule has 0 spiro atoms. The van der Waals surface area contributed by atoms with Gasteiger partial charge in [0.15, 0.2) is 5.78 Å². The number of anilines is 1. The average molecular weight is 407 g/mol. The van der Waals surface area contributed by atoms with E-state index in [1.807, 2.05) is 0 Å². The fraction of sp³-hybridized carbons (Fsp3) is 0.154. The number of halogens is 2. The van der Waals surface area contributed by atoms with Crippen LogP contribution in [-0.2, 0) is 10.0 Å². The summed E-state index contributed by atoms with van der Waals surface area (Å²) < 4.78 is 27.5. The summed E-state index contributed by atoms with van der Waals surface area (Å²) in [6, 6.07) is 8.16. The fourth-order valence-electron chi connectivity index (χ4n) is 2.20. The molecule has 1 aliphatic rings. The molecule has 3 rings (SSSR count). The van der Waals surface area contributed by atoms with Gasteiger partial charge in [-0.05, 0) is 34.1 Å². The van der Waals surface area contributed by atoms with Gasteiger partial charge in [-0.3, -0.25) is 9.10 Å². The van der Waals surface area contributed by atoms with Crippen LogP contribution in [0.3, 0.4) is 0 Å². The number of thiophene rings is 1. The Morgan fingerprint density at radius 2 is 2.00 bits per heavy atom. The number of rotatable bonds is 2. The molecule has 21 heavy (non-hydrogen) atoms. The summed E-state index contributed by atoms with van der Waals surface area (Å²) in [5.74, 6) is -0.0394. The van der Waals surface area contributed by atoms with Gasteiger partial charge in [-0.1, -0.05) is 23.7 Å². The van der Waals surface area contributed by atoms with Crippen molar-refractivity contribution in [2.45, 2.75) is 10.6 Å². The predicted octanol–water partition coefficient (Wildman–Crippen LogP) is 3.95. The SMILES string of the molecule is O=C1CCN(S(=O)(=O)c2cc(Cl)c(Br)s2)c2ccccc21. The number of benzene rings is 1. The third-order valence-electron chi connectivity index (χ3n) is 3.18. The number of ketones is 1.